The van der Waals surface area contributed by atoms with Gasteiger partial charge in [0.25, 0.3) is 5.89 Å². The highest BCUT2D eigenvalue weighted by atomic mass is 32.1. The van der Waals surface area contributed by atoms with Crippen LogP contribution in [0.15, 0.2) is 16.0 Å². The number of hydrogen-bond donors (Lipinski definition) is 1. The number of rotatable bonds is 4. The first-order valence-corrected chi connectivity index (χ1v) is 8.32. The van der Waals surface area contributed by atoms with E-state index in [1.807, 2.05) is 11.4 Å². The van der Waals surface area contributed by atoms with Crippen LogP contribution in [0.3, 0.4) is 0 Å². The Morgan fingerprint density at radius 1 is 1.35 bits per heavy atom. The fourth-order valence-corrected chi connectivity index (χ4v) is 3.84. The molecule has 1 aliphatic carbocycles. The van der Waals surface area contributed by atoms with Gasteiger partial charge in [-0.1, -0.05) is 24.9 Å². The lowest BCUT2D eigenvalue weighted by atomic mass is 9.80. The van der Waals surface area contributed by atoms with E-state index in [-0.39, 0.29) is 0 Å². The molecule has 2 aromatic heterocycles. The summed E-state index contributed by atoms with van der Waals surface area (Å²) in [7, 11) is 0. The quantitative estimate of drug-likeness (QED) is 0.903. The third kappa shape index (κ3) is 2.73. The average Bonchev–Trinajstić information content (AvgIpc) is 3.08. The molecular weight excluding hydrogens is 270 g/mol. The van der Waals surface area contributed by atoms with Gasteiger partial charge in [0.1, 0.15) is 4.88 Å². The average molecular weight is 291 g/mol. The van der Waals surface area contributed by atoms with Crippen LogP contribution in [0.2, 0.25) is 0 Å². The molecule has 1 saturated carbocycles. The Bertz CT molecular complexity index is 555. The summed E-state index contributed by atoms with van der Waals surface area (Å²) in [4.78, 5) is 5.45. The molecule has 108 valence electrons. The number of thiophene rings is 1. The van der Waals surface area contributed by atoms with E-state index in [2.05, 4.69) is 17.1 Å². The van der Waals surface area contributed by atoms with Gasteiger partial charge in [0.15, 0.2) is 5.82 Å². The van der Waals surface area contributed by atoms with Gasteiger partial charge >= 0.3 is 0 Å². The van der Waals surface area contributed by atoms with Crippen molar-refractivity contribution in [2.45, 2.75) is 51.4 Å². The Balaban J connectivity index is 1.68. The SMILES string of the molecule is CCCC1CCC(c2noc(-c3sccc3N)n2)CC1. The Morgan fingerprint density at radius 2 is 2.15 bits per heavy atom. The van der Waals surface area contributed by atoms with Crippen molar-refractivity contribution in [3.8, 4) is 10.8 Å². The van der Waals surface area contributed by atoms with E-state index in [1.165, 1.54) is 38.5 Å². The first-order valence-electron chi connectivity index (χ1n) is 7.45. The Kier molecular flexibility index (Phi) is 4.05. The smallest absolute Gasteiger partial charge is 0.270 e. The van der Waals surface area contributed by atoms with Gasteiger partial charge in [-0.15, -0.1) is 11.3 Å². The van der Waals surface area contributed by atoms with Gasteiger partial charge in [0.2, 0.25) is 0 Å². The van der Waals surface area contributed by atoms with Crippen LogP contribution in [0.5, 0.6) is 0 Å². The molecule has 0 bridgehead atoms. The number of nitrogen functional groups attached to an aromatic ring is 1. The first kappa shape index (κ1) is 13.6. The van der Waals surface area contributed by atoms with Crippen LogP contribution in [0, 0.1) is 5.92 Å². The molecule has 0 atom stereocenters. The molecule has 0 unspecified atom stereocenters. The molecule has 3 rings (SSSR count). The van der Waals surface area contributed by atoms with Crippen molar-refractivity contribution in [1.82, 2.24) is 10.1 Å². The van der Waals surface area contributed by atoms with Crippen molar-refractivity contribution < 1.29 is 4.52 Å². The molecule has 2 heterocycles. The topological polar surface area (TPSA) is 64.9 Å². The summed E-state index contributed by atoms with van der Waals surface area (Å²) < 4.78 is 5.39. The molecule has 2 aromatic rings. The Labute approximate surface area is 123 Å². The highest BCUT2D eigenvalue weighted by Crippen LogP contribution is 2.38. The highest BCUT2D eigenvalue weighted by Gasteiger charge is 2.26. The minimum absolute atomic E-state index is 0.460. The number of nitrogens with two attached hydrogens (primary N) is 1. The third-order valence-electron chi connectivity index (χ3n) is 4.24. The second-order valence-corrected chi connectivity index (χ2v) is 6.59. The summed E-state index contributed by atoms with van der Waals surface area (Å²) in [5.74, 6) is 2.79. The lowest BCUT2D eigenvalue weighted by Crippen LogP contribution is -2.14. The number of anilines is 1. The van der Waals surface area contributed by atoms with Crippen molar-refractivity contribution in [2.24, 2.45) is 5.92 Å². The van der Waals surface area contributed by atoms with Gasteiger partial charge < -0.3 is 10.3 Å². The van der Waals surface area contributed by atoms with Crippen molar-refractivity contribution in [3.05, 3.63) is 17.3 Å². The molecule has 0 saturated heterocycles. The second kappa shape index (κ2) is 5.95. The van der Waals surface area contributed by atoms with Gasteiger partial charge in [-0.25, -0.2) is 0 Å². The first-order chi connectivity index (χ1) is 9.78. The Hall–Kier alpha value is -1.36. The third-order valence-corrected chi connectivity index (χ3v) is 5.16. The van der Waals surface area contributed by atoms with Crippen molar-refractivity contribution in [1.29, 1.82) is 0 Å². The highest BCUT2D eigenvalue weighted by molar-refractivity contribution is 7.14. The standard InChI is InChI=1S/C15H21N3OS/c1-2-3-10-4-6-11(7-5-10)14-17-15(19-18-14)13-12(16)8-9-20-13/h8-11H,2-7,16H2,1H3. The predicted octanol–water partition coefficient (Wildman–Crippen LogP) is 4.45. The maximum atomic E-state index is 5.89. The summed E-state index contributed by atoms with van der Waals surface area (Å²) in [5, 5.41) is 6.12. The van der Waals surface area contributed by atoms with Crippen LogP contribution in [-0.4, -0.2) is 10.1 Å². The van der Waals surface area contributed by atoms with E-state index >= 15 is 0 Å². The van der Waals surface area contributed by atoms with Crippen LogP contribution in [0.4, 0.5) is 5.69 Å². The van der Waals surface area contributed by atoms with Crippen LogP contribution in [-0.2, 0) is 0 Å². The van der Waals surface area contributed by atoms with Gasteiger partial charge in [-0.05, 0) is 43.0 Å². The summed E-state index contributed by atoms with van der Waals surface area (Å²) in [5.41, 5.74) is 6.61. The maximum Gasteiger partial charge on any atom is 0.270 e. The monoisotopic (exact) mass is 291 g/mol. The van der Waals surface area contributed by atoms with E-state index in [4.69, 9.17) is 10.3 Å². The van der Waals surface area contributed by atoms with Crippen molar-refractivity contribution in [2.75, 3.05) is 5.73 Å². The van der Waals surface area contributed by atoms with Crippen LogP contribution in [0.25, 0.3) is 10.8 Å². The molecule has 0 aromatic carbocycles. The van der Waals surface area contributed by atoms with E-state index in [9.17, 15) is 0 Å². The maximum absolute atomic E-state index is 5.89. The van der Waals surface area contributed by atoms with E-state index in [0.29, 0.717) is 11.8 Å². The van der Waals surface area contributed by atoms with E-state index in [1.54, 1.807) is 11.3 Å². The lowest BCUT2D eigenvalue weighted by molar-refractivity contribution is 0.296. The minimum atomic E-state index is 0.460. The molecular formula is C15H21N3OS. The summed E-state index contributed by atoms with van der Waals surface area (Å²) in [6.45, 7) is 2.27. The number of hydrogen-bond acceptors (Lipinski definition) is 5. The molecule has 0 spiro atoms. The molecule has 20 heavy (non-hydrogen) atoms. The normalized spacial score (nSPS) is 23.1. The van der Waals surface area contributed by atoms with E-state index < -0.39 is 0 Å². The zero-order valence-electron chi connectivity index (χ0n) is 11.8. The fraction of sp³-hybridized carbons (Fsp3) is 0.600. The van der Waals surface area contributed by atoms with Gasteiger partial charge in [0, 0.05) is 5.92 Å². The largest absolute Gasteiger partial charge is 0.397 e. The second-order valence-electron chi connectivity index (χ2n) is 5.67. The fourth-order valence-electron chi connectivity index (χ4n) is 3.10. The number of nitrogens with zero attached hydrogens (tertiary/aromatic N) is 2. The zero-order valence-corrected chi connectivity index (χ0v) is 12.7. The molecule has 2 N–H and O–H groups in total. The van der Waals surface area contributed by atoms with Crippen molar-refractivity contribution in [3.63, 3.8) is 0 Å². The van der Waals surface area contributed by atoms with Crippen LogP contribution >= 0.6 is 11.3 Å². The van der Waals surface area contributed by atoms with Gasteiger partial charge in [-0.3, -0.25) is 0 Å². The molecule has 5 heteroatoms. The van der Waals surface area contributed by atoms with Gasteiger partial charge in [-0.2, -0.15) is 4.98 Å². The molecule has 4 nitrogen and oxygen atoms in total. The molecule has 0 amide bonds. The van der Waals surface area contributed by atoms with Crippen molar-refractivity contribution >= 4 is 17.0 Å². The molecule has 0 radical (unpaired) electrons. The Morgan fingerprint density at radius 3 is 2.80 bits per heavy atom. The van der Waals surface area contributed by atoms with Crippen LogP contribution in [0.1, 0.15) is 57.2 Å². The summed E-state index contributed by atoms with van der Waals surface area (Å²) in [6, 6.07) is 1.87. The minimum Gasteiger partial charge on any atom is -0.397 e. The van der Waals surface area contributed by atoms with E-state index in [0.717, 1.165) is 22.3 Å². The lowest BCUT2D eigenvalue weighted by Gasteiger charge is -2.26. The number of aromatic nitrogens is 2. The molecule has 1 fully saturated rings. The van der Waals surface area contributed by atoms with Crippen LogP contribution < -0.4 is 5.73 Å². The molecule has 1 aliphatic rings. The summed E-state index contributed by atoms with van der Waals surface area (Å²) in [6.07, 6.45) is 7.61. The predicted molar refractivity (Wildman–Crippen MR) is 81.6 cm³/mol. The summed E-state index contributed by atoms with van der Waals surface area (Å²) >= 11 is 1.55. The molecule has 0 aliphatic heterocycles. The zero-order chi connectivity index (χ0) is 13.9. The van der Waals surface area contributed by atoms with Gasteiger partial charge in [0.05, 0.1) is 5.69 Å².